The van der Waals surface area contributed by atoms with Gasteiger partial charge in [0.1, 0.15) is 5.76 Å². The van der Waals surface area contributed by atoms with Gasteiger partial charge in [-0.1, -0.05) is 35.5 Å². The van der Waals surface area contributed by atoms with E-state index in [0.717, 1.165) is 16.8 Å². The number of urea groups is 1. The third kappa shape index (κ3) is 4.58. The van der Waals surface area contributed by atoms with Gasteiger partial charge < -0.3 is 20.3 Å². The Morgan fingerprint density at radius 2 is 1.96 bits per heavy atom. The standard InChI is InChI=1S/C18H25N3O3/c1-12(17-13(2)21-24-14(17)3)19-18(23)20-16(10-7-11-22)15-8-5-4-6-9-15/h4-6,8-9,12,16,22H,7,10-11H2,1-3H3,(H2,19,20,23). The Kier molecular flexibility index (Phi) is 6.37. The van der Waals surface area contributed by atoms with Crippen LogP contribution < -0.4 is 10.6 Å². The number of aryl methyl sites for hydroxylation is 2. The van der Waals surface area contributed by atoms with Gasteiger partial charge >= 0.3 is 6.03 Å². The van der Waals surface area contributed by atoms with Gasteiger partial charge in [0.15, 0.2) is 0 Å². The average Bonchev–Trinajstić information content (AvgIpc) is 2.91. The maximum atomic E-state index is 12.4. The molecule has 3 N–H and O–H groups in total. The molecule has 0 spiro atoms. The van der Waals surface area contributed by atoms with E-state index in [2.05, 4.69) is 15.8 Å². The Hall–Kier alpha value is -2.34. The van der Waals surface area contributed by atoms with Crippen LogP contribution in [0.25, 0.3) is 0 Å². The third-order valence-electron chi connectivity index (χ3n) is 4.03. The monoisotopic (exact) mass is 331 g/mol. The molecule has 2 rings (SSSR count). The first-order chi connectivity index (χ1) is 11.5. The zero-order valence-corrected chi connectivity index (χ0v) is 14.4. The molecule has 2 unspecified atom stereocenters. The van der Waals surface area contributed by atoms with E-state index >= 15 is 0 Å². The number of carbonyl (C=O) groups is 1. The first-order valence-corrected chi connectivity index (χ1v) is 8.18. The first kappa shape index (κ1) is 18.0. The fraction of sp³-hybridized carbons (Fsp3) is 0.444. The van der Waals surface area contributed by atoms with E-state index in [9.17, 15) is 4.79 Å². The topological polar surface area (TPSA) is 87.4 Å². The van der Waals surface area contributed by atoms with Crippen molar-refractivity contribution in [1.29, 1.82) is 0 Å². The summed E-state index contributed by atoms with van der Waals surface area (Å²) in [7, 11) is 0. The van der Waals surface area contributed by atoms with Crippen molar-refractivity contribution in [3.63, 3.8) is 0 Å². The minimum Gasteiger partial charge on any atom is -0.396 e. The quantitative estimate of drug-likeness (QED) is 0.727. The van der Waals surface area contributed by atoms with Crippen LogP contribution in [0.2, 0.25) is 0 Å². The fourth-order valence-corrected chi connectivity index (χ4v) is 2.88. The van der Waals surface area contributed by atoms with Crippen LogP contribution >= 0.6 is 0 Å². The Morgan fingerprint density at radius 1 is 1.25 bits per heavy atom. The number of aliphatic hydroxyl groups is 1. The smallest absolute Gasteiger partial charge is 0.315 e. The highest BCUT2D eigenvalue weighted by Gasteiger charge is 2.20. The lowest BCUT2D eigenvalue weighted by atomic mass is 10.0. The predicted molar refractivity (Wildman–Crippen MR) is 91.6 cm³/mol. The Bertz CT molecular complexity index is 635. The molecule has 0 aliphatic carbocycles. The number of hydrogen-bond acceptors (Lipinski definition) is 4. The summed E-state index contributed by atoms with van der Waals surface area (Å²) in [4.78, 5) is 12.4. The number of aromatic nitrogens is 1. The molecule has 1 aromatic carbocycles. The number of amides is 2. The van der Waals surface area contributed by atoms with Gasteiger partial charge in [-0.25, -0.2) is 4.79 Å². The molecular formula is C18H25N3O3. The summed E-state index contributed by atoms with van der Waals surface area (Å²) < 4.78 is 5.15. The van der Waals surface area contributed by atoms with Gasteiger partial charge in [-0.15, -0.1) is 0 Å². The summed E-state index contributed by atoms with van der Waals surface area (Å²) in [5.74, 6) is 0.709. The van der Waals surface area contributed by atoms with Crippen molar-refractivity contribution < 1.29 is 14.4 Å². The van der Waals surface area contributed by atoms with Crippen LogP contribution in [-0.2, 0) is 0 Å². The zero-order valence-electron chi connectivity index (χ0n) is 14.4. The molecule has 1 heterocycles. The largest absolute Gasteiger partial charge is 0.396 e. The van der Waals surface area contributed by atoms with Crippen molar-refractivity contribution in [3.05, 3.63) is 52.9 Å². The van der Waals surface area contributed by atoms with E-state index in [4.69, 9.17) is 9.63 Å². The molecule has 24 heavy (non-hydrogen) atoms. The van der Waals surface area contributed by atoms with Gasteiger partial charge in [0, 0.05) is 12.2 Å². The van der Waals surface area contributed by atoms with E-state index in [0.29, 0.717) is 18.6 Å². The summed E-state index contributed by atoms with van der Waals surface area (Å²) in [5.41, 5.74) is 2.70. The van der Waals surface area contributed by atoms with Crippen molar-refractivity contribution in [2.45, 2.75) is 45.7 Å². The molecule has 0 saturated carbocycles. The highest BCUT2D eigenvalue weighted by molar-refractivity contribution is 5.75. The second-order valence-corrected chi connectivity index (χ2v) is 5.91. The van der Waals surface area contributed by atoms with E-state index in [1.807, 2.05) is 51.1 Å². The number of hydrogen-bond donors (Lipinski definition) is 3. The van der Waals surface area contributed by atoms with Crippen LogP contribution in [0.3, 0.4) is 0 Å². The van der Waals surface area contributed by atoms with Gasteiger partial charge in [-0.2, -0.15) is 0 Å². The number of benzene rings is 1. The Morgan fingerprint density at radius 3 is 2.54 bits per heavy atom. The molecule has 0 fully saturated rings. The number of rotatable bonds is 7. The third-order valence-corrected chi connectivity index (χ3v) is 4.03. The van der Waals surface area contributed by atoms with Crippen molar-refractivity contribution >= 4 is 6.03 Å². The summed E-state index contributed by atoms with van der Waals surface area (Å²) in [6, 6.07) is 9.16. The zero-order chi connectivity index (χ0) is 17.5. The van der Waals surface area contributed by atoms with Crippen molar-refractivity contribution in [1.82, 2.24) is 15.8 Å². The maximum Gasteiger partial charge on any atom is 0.315 e. The van der Waals surface area contributed by atoms with Gasteiger partial charge in [-0.05, 0) is 39.2 Å². The lowest BCUT2D eigenvalue weighted by Gasteiger charge is -2.21. The molecule has 0 saturated heterocycles. The lowest BCUT2D eigenvalue weighted by molar-refractivity contribution is 0.230. The average molecular weight is 331 g/mol. The molecule has 0 bridgehead atoms. The fourth-order valence-electron chi connectivity index (χ4n) is 2.88. The van der Waals surface area contributed by atoms with Gasteiger partial charge in [0.25, 0.3) is 0 Å². The second kappa shape index (κ2) is 8.49. The van der Waals surface area contributed by atoms with Gasteiger partial charge in [-0.3, -0.25) is 0 Å². The Balaban J connectivity index is 2.02. The highest BCUT2D eigenvalue weighted by Crippen LogP contribution is 2.22. The van der Waals surface area contributed by atoms with Crippen LogP contribution in [0.1, 0.15) is 54.4 Å². The molecule has 1 aromatic heterocycles. The van der Waals surface area contributed by atoms with Crippen LogP contribution in [0.4, 0.5) is 4.79 Å². The molecule has 0 aliphatic rings. The molecule has 0 radical (unpaired) electrons. The number of nitrogens with zero attached hydrogens (tertiary/aromatic N) is 1. The first-order valence-electron chi connectivity index (χ1n) is 8.18. The summed E-state index contributed by atoms with van der Waals surface area (Å²) >= 11 is 0. The van der Waals surface area contributed by atoms with Crippen LogP contribution in [0.15, 0.2) is 34.9 Å². The summed E-state index contributed by atoms with van der Waals surface area (Å²) in [6.07, 6.45) is 1.30. The van der Waals surface area contributed by atoms with Crippen LogP contribution in [0.5, 0.6) is 0 Å². The van der Waals surface area contributed by atoms with E-state index in [-0.39, 0.29) is 24.7 Å². The SMILES string of the molecule is Cc1noc(C)c1C(C)NC(=O)NC(CCCO)c1ccccc1. The highest BCUT2D eigenvalue weighted by atomic mass is 16.5. The van der Waals surface area contributed by atoms with Crippen molar-refractivity contribution in [2.75, 3.05) is 6.61 Å². The molecule has 2 atom stereocenters. The number of nitrogens with one attached hydrogen (secondary N) is 2. The minimum atomic E-state index is -0.255. The molecule has 6 heteroatoms. The van der Waals surface area contributed by atoms with Crippen molar-refractivity contribution in [3.8, 4) is 0 Å². The normalized spacial score (nSPS) is 13.3. The number of carbonyl (C=O) groups excluding carboxylic acids is 1. The van der Waals surface area contributed by atoms with Crippen LogP contribution in [-0.4, -0.2) is 22.9 Å². The predicted octanol–water partition coefficient (Wildman–Crippen LogP) is 3.17. The molecule has 2 aromatic rings. The van der Waals surface area contributed by atoms with E-state index < -0.39 is 0 Å². The molecular weight excluding hydrogens is 306 g/mol. The lowest BCUT2D eigenvalue weighted by Crippen LogP contribution is -2.39. The Labute approximate surface area is 142 Å². The second-order valence-electron chi connectivity index (χ2n) is 5.91. The molecule has 130 valence electrons. The summed E-state index contributed by atoms with van der Waals surface area (Å²) in [5, 5.41) is 18.9. The van der Waals surface area contributed by atoms with Gasteiger partial charge in [0.05, 0.1) is 17.8 Å². The van der Waals surface area contributed by atoms with Crippen molar-refractivity contribution in [2.24, 2.45) is 0 Å². The maximum absolute atomic E-state index is 12.4. The van der Waals surface area contributed by atoms with Gasteiger partial charge in [0.2, 0.25) is 0 Å². The summed E-state index contributed by atoms with van der Waals surface area (Å²) in [6.45, 7) is 5.69. The number of aliphatic hydroxyl groups excluding tert-OH is 1. The molecule has 2 amide bonds. The van der Waals surface area contributed by atoms with E-state index in [1.54, 1.807) is 0 Å². The van der Waals surface area contributed by atoms with E-state index in [1.165, 1.54) is 0 Å². The molecule has 0 aliphatic heterocycles. The minimum absolute atomic E-state index is 0.0993. The van der Waals surface area contributed by atoms with Crippen LogP contribution in [0, 0.1) is 13.8 Å². The molecule has 6 nitrogen and oxygen atoms in total.